The van der Waals surface area contributed by atoms with E-state index in [0.717, 1.165) is 16.3 Å². The second-order valence-corrected chi connectivity index (χ2v) is 4.48. The molecule has 0 saturated heterocycles. The van der Waals surface area contributed by atoms with Crippen molar-refractivity contribution >= 4 is 22.9 Å². The molecular weight excluding hydrogens is 262 g/mol. The number of rotatable bonds is 3. The number of amides is 1. The maximum absolute atomic E-state index is 11.8. The Bertz CT molecular complexity index is 792. The number of pyridine rings is 1. The van der Waals surface area contributed by atoms with Gasteiger partial charge in [0.2, 0.25) is 0 Å². The van der Waals surface area contributed by atoms with Crippen LogP contribution in [0.4, 0.5) is 0 Å². The molecule has 0 spiro atoms. The molecule has 0 aliphatic rings. The van der Waals surface area contributed by atoms with Gasteiger partial charge in [0.1, 0.15) is 5.69 Å². The Morgan fingerprint density at radius 3 is 2.67 bits per heavy atom. The van der Waals surface area contributed by atoms with Crippen LogP contribution in [-0.2, 0) is 0 Å². The molecule has 0 saturated carbocycles. The third-order valence-corrected chi connectivity index (χ3v) is 3.09. The van der Waals surface area contributed by atoms with Crippen molar-refractivity contribution in [2.45, 2.75) is 0 Å². The summed E-state index contributed by atoms with van der Waals surface area (Å²) in [4.78, 5) is 15.8. The standard InChI is InChI=1S/C17H13N3O/c21-17(16-10-3-4-11-18-16)20-19-12-14-8-5-7-13-6-1-2-9-15(13)14/h1-12H,(H,20,21)/b19-12+. The summed E-state index contributed by atoms with van der Waals surface area (Å²) < 4.78 is 0. The van der Waals surface area contributed by atoms with E-state index in [1.54, 1.807) is 30.6 Å². The molecule has 1 heterocycles. The summed E-state index contributed by atoms with van der Waals surface area (Å²) in [5.74, 6) is -0.327. The zero-order valence-corrected chi connectivity index (χ0v) is 11.2. The molecule has 0 aliphatic heterocycles. The predicted molar refractivity (Wildman–Crippen MR) is 83.2 cm³/mol. The van der Waals surface area contributed by atoms with Gasteiger partial charge in [-0.3, -0.25) is 9.78 Å². The van der Waals surface area contributed by atoms with Crippen molar-refractivity contribution in [1.82, 2.24) is 10.4 Å². The number of aromatic nitrogens is 1. The second kappa shape index (κ2) is 5.96. The number of hydrogen-bond donors (Lipinski definition) is 1. The lowest BCUT2D eigenvalue weighted by Gasteiger charge is -2.01. The van der Waals surface area contributed by atoms with Gasteiger partial charge in [-0.05, 0) is 22.9 Å². The van der Waals surface area contributed by atoms with E-state index in [0.29, 0.717) is 5.69 Å². The van der Waals surface area contributed by atoms with Crippen LogP contribution in [0.2, 0.25) is 0 Å². The number of nitrogens with zero attached hydrogens (tertiary/aromatic N) is 2. The predicted octanol–water partition coefficient (Wildman–Crippen LogP) is 3.00. The first-order valence-electron chi connectivity index (χ1n) is 6.57. The van der Waals surface area contributed by atoms with Crippen molar-refractivity contribution in [2.75, 3.05) is 0 Å². The van der Waals surface area contributed by atoms with Gasteiger partial charge >= 0.3 is 0 Å². The highest BCUT2D eigenvalue weighted by Crippen LogP contribution is 2.16. The number of hydrazone groups is 1. The molecule has 0 atom stereocenters. The van der Waals surface area contributed by atoms with Crippen molar-refractivity contribution in [2.24, 2.45) is 5.10 Å². The van der Waals surface area contributed by atoms with Crippen LogP contribution in [0.1, 0.15) is 16.1 Å². The van der Waals surface area contributed by atoms with Gasteiger partial charge in [0.25, 0.3) is 5.91 Å². The summed E-state index contributed by atoms with van der Waals surface area (Å²) in [6.07, 6.45) is 3.21. The summed E-state index contributed by atoms with van der Waals surface area (Å²) in [6.45, 7) is 0. The highest BCUT2D eigenvalue weighted by Gasteiger charge is 2.03. The Hall–Kier alpha value is -3.01. The topological polar surface area (TPSA) is 54.4 Å². The third kappa shape index (κ3) is 2.95. The van der Waals surface area contributed by atoms with E-state index in [9.17, 15) is 4.79 Å². The molecule has 1 N–H and O–H groups in total. The fraction of sp³-hybridized carbons (Fsp3) is 0. The first kappa shape index (κ1) is 13.0. The molecule has 4 heteroatoms. The van der Waals surface area contributed by atoms with E-state index < -0.39 is 0 Å². The molecule has 0 radical (unpaired) electrons. The molecule has 3 rings (SSSR count). The maximum atomic E-state index is 11.8. The minimum absolute atomic E-state index is 0.327. The SMILES string of the molecule is O=C(N/N=C/c1cccc2ccccc12)c1ccccn1. The number of carbonyl (C=O) groups is 1. The zero-order valence-electron chi connectivity index (χ0n) is 11.2. The quantitative estimate of drug-likeness (QED) is 0.590. The summed E-state index contributed by atoms with van der Waals surface area (Å²) in [6, 6.07) is 19.2. The van der Waals surface area contributed by atoms with E-state index in [1.807, 2.05) is 42.5 Å². The monoisotopic (exact) mass is 275 g/mol. The van der Waals surface area contributed by atoms with Gasteiger partial charge in [-0.1, -0.05) is 48.5 Å². The third-order valence-electron chi connectivity index (χ3n) is 3.09. The van der Waals surface area contributed by atoms with Gasteiger partial charge in [0.15, 0.2) is 0 Å². The molecule has 3 aromatic rings. The summed E-state index contributed by atoms with van der Waals surface area (Å²) >= 11 is 0. The molecule has 1 amide bonds. The van der Waals surface area contributed by atoms with Crippen molar-refractivity contribution < 1.29 is 4.79 Å². The molecule has 102 valence electrons. The fourth-order valence-electron chi connectivity index (χ4n) is 2.08. The second-order valence-electron chi connectivity index (χ2n) is 4.48. The lowest BCUT2D eigenvalue weighted by molar-refractivity contribution is 0.0950. The Morgan fingerprint density at radius 1 is 1.00 bits per heavy atom. The number of nitrogens with one attached hydrogen (secondary N) is 1. The number of fused-ring (bicyclic) bond motifs is 1. The van der Waals surface area contributed by atoms with Gasteiger partial charge in [0, 0.05) is 11.8 Å². The number of hydrogen-bond acceptors (Lipinski definition) is 3. The average Bonchev–Trinajstić information content (AvgIpc) is 2.56. The smallest absolute Gasteiger partial charge is 0.266 e. The summed E-state index contributed by atoms with van der Waals surface area (Å²) in [5, 5.41) is 6.23. The minimum Gasteiger partial charge on any atom is -0.266 e. The van der Waals surface area contributed by atoms with Gasteiger partial charge < -0.3 is 0 Å². The van der Waals surface area contributed by atoms with Gasteiger partial charge in [-0.25, -0.2) is 5.43 Å². The molecule has 4 nitrogen and oxygen atoms in total. The molecule has 0 aliphatic carbocycles. The Labute approximate surface area is 122 Å². The molecule has 1 aromatic heterocycles. The van der Waals surface area contributed by atoms with Crippen LogP contribution in [-0.4, -0.2) is 17.1 Å². The van der Waals surface area contributed by atoms with E-state index in [4.69, 9.17) is 0 Å². The fourth-order valence-corrected chi connectivity index (χ4v) is 2.08. The molecular formula is C17H13N3O. The van der Waals surface area contributed by atoms with Crippen molar-refractivity contribution in [3.05, 3.63) is 78.1 Å². The molecule has 21 heavy (non-hydrogen) atoms. The number of carbonyl (C=O) groups excluding carboxylic acids is 1. The van der Waals surface area contributed by atoms with Crippen molar-refractivity contribution in [3.63, 3.8) is 0 Å². The van der Waals surface area contributed by atoms with Gasteiger partial charge in [-0.15, -0.1) is 0 Å². The minimum atomic E-state index is -0.327. The highest BCUT2D eigenvalue weighted by molar-refractivity contribution is 6.00. The summed E-state index contributed by atoms with van der Waals surface area (Å²) in [5.41, 5.74) is 3.77. The van der Waals surface area contributed by atoms with E-state index >= 15 is 0 Å². The van der Waals surface area contributed by atoms with E-state index in [1.165, 1.54) is 0 Å². The van der Waals surface area contributed by atoms with Crippen LogP contribution in [0, 0.1) is 0 Å². The summed E-state index contributed by atoms with van der Waals surface area (Å²) in [7, 11) is 0. The molecule has 2 aromatic carbocycles. The Kier molecular flexibility index (Phi) is 3.69. The first-order chi connectivity index (χ1) is 10.3. The van der Waals surface area contributed by atoms with E-state index in [2.05, 4.69) is 15.5 Å². The van der Waals surface area contributed by atoms with Crippen LogP contribution in [0.3, 0.4) is 0 Å². The Morgan fingerprint density at radius 2 is 1.81 bits per heavy atom. The Balaban J connectivity index is 1.78. The zero-order chi connectivity index (χ0) is 14.5. The van der Waals surface area contributed by atoms with Crippen LogP contribution >= 0.6 is 0 Å². The normalized spacial score (nSPS) is 10.9. The maximum Gasteiger partial charge on any atom is 0.289 e. The molecule has 0 bridgehead atoms. The number of benzene rings is 2. The van der Waals surface area contributed by atoms with Crippen LogP contribution in [0.5, 0.6) is 0 Å². The van der Waals surface area contributed by atoms with Crippen LogP contribution in [0.25, 0.3) is 10.8 Å². The van der Waals surface area contributed by atoms with Gasteiger partial charge in [-0.2, -0.15) is 5.10 Å². The van der Waals surface area contributed by atoms with Crippen LogP contribution in [0.15, 0.2) is 72.0 Å². The first-order valence-corrected chi connectivity index (χ1v) is 6.57. The molecule has 0 unspecified atom stereocenters. The van der Waals surface area contributed by atoms with Crippen LogP contribution < -0.4 is 5.43 Å². The average molecular weight is 275 g/mol. The molecule has 0 fully saturated rings. The van der Waals surface area contributed by atoms with E-state index in [-0.39, 0.29) is 5.91 Å². The van der Waals surface area contributed by atoms with Gasteiger partial charge in [0.05, 0.1) is 6.21 Å². The van der Waals surface area contributed by atoms with Crippen molar-refractivity contribution in [3.8, 4) is 0 Å². The highest BCUT2D eigenvalue weighted by atomic mass is 16.2. The largest absolute Gasteiger partial charge is 0.289 e. The lowest BCUT2D eigenvalue weighted by atomic mass is 10.1. The lowest BCUT2D eigenvalue weighted by Crippen LogP contribution is -2.18. The van der Waals surface area contributed by atoms with Crippen molar-refractivity contribution in [1.29, 1.82) is 0 Å².